The lowest BCUT2D eigenvalue weighted by Crippen LogP contribution is -2.27. The highest BCUT2D eigenvalue weighted by molar-refractivity contribution is 6.33. The van der Waals surface area contributed by atoms with Crippen molar-refractivity contribution in [3.8, 4) is 11.1 Å². The summed E-state index contributed by atoms with van der Waals surface area (Å²) in [4.78, 5) is 10.1. The summed E-state index contributed by atoms with van der Waals surface area (Å²) in [5, 5.41) is 4.05. The normalized spacial score (nSPS) is 24.3. The van der Waals surface area contributed by atoms with Crippen LogP contribution in [0.3, 0.4) is 0 Å². The van der Waals surface area contributed by atoms with E-state index < -0.39 is 23.0 Å². The van der Waals surface area contributed by atoms with Gasteiger partial charge in [-0.2, -0.15) is 19.6 Å². The fourth-order valence-corrected chi connectivity index (χ4v) is 4.34. The Morgan fingerprint density at radius 3 is 2.38 bits per heavy atom. The van der Waals surface area contributed by atoms with Crippen LogP contribution in [0, 0.1) is 35.2 Å². The van der Waals surface area contributed by atoms with Crippen LogP contribution in [-0.4, -0.2) is 32.7 Å². The summed E-state index contributed by atoms with van der Waals surface area (Å²) < 4.78 is 43.8. The monoisotopic (exact) mass is 379 g/mol. The second-order valence-corrected chi connectivity index (χ2v) is 7.27. The number of hydrogen-bond donors (Lipinski definition) is 0. The van der Waals surface area contributed by atoms with Gasteiger partial charge in [-0.05, 0) is 17.8 Å². The average molecular weight is 380 g/mol. The van der Waals surface area contributed by atoms with Gasteiger partial charge in [0.05, 0.1) is 11.1 Å². The van der Waals surface area contributed by atoms with Crippen molar-refractivity contribution in [2.75, 3.05) is 18.0 Å². The topological polar surface area (TPSA) is 46.3 Å². The van der Waals surface area contributed by atoms with Crippen molar-refractivity contribution in [3.05, 3.63) is 41.1 Å². The molecule has 5 rings (SSSR count). The average Bonchev–Trinajstić information content (AvgIpc) is 2.99. The molecule has 0 radical (unpaired) electrons. The van der Waals surface area contributed by atoms with Gasteiger partial charge in [-0.1, -0.05) is 18.5 Å². The zero-order chi connectivity index (χ0) is 18.2. The Hall–Kier alpha value is -2.35. The molecule has 3 aromatic rings. The fraction of sp³-hybridized carbons (Fsp3) is 0.353. The van der Waals surface area contributed by atoms with Crippen molar-refractivity contribution < 1.29 is 13.2 Å². The molecule has 2 unspecified atom stereocenters. The van der Waals surface area contributed by atoms with Crippen LogP contribution in [0.25, 0.3) is 16.9 Å². The number of piperidine rings is 1. The number of halogens is 4. The van der Waals surface area contributed by atoms with Gasteiger partial charge in [0.25, 0.3) is 5.78 Å². The van der Waals surface area contributed by atoms with Crippen LogP contribution in [-0.2, 0) is 0 Å². The number of rotatable bonds is 2. The third-order valence-corrected chi connectivity index (χ3v) is 5.81. The van der Waals surface area contributed by atoms with Crippen LogP contribution in [0.5, 0.6) is 0 Å². The summed E-state index contributed by atoms with van der Waals surface area (Å²) in [6, 6.07) is 1.27. The van der Waals surface area contributed by atoms with Crippen LogP contribution in [0.2, 0.25) is 5.15 Å². The molecule has 9 heteroatoms. The summed E-state index contributed by atoms with van der Waals surface area (Å²) >= 11 is 6.29. The molecule has 2 aromatic heterocycles. The highest BCUT2D eigenvalue weighted by Gasteiger charge is 2.53. The molecule has 0 bridgehead atoms. The molecular weight excluding hydrogens is 367 g/mol. The van der Waals surface area contributed by atoms with E-state index in [9.17, 15) is 13.2 Å². The quantitative estimate of drug-likeness (QED) is 0.639. The lowest BCUT2D eigenvalue weighted by Gasteiger charge is -2.25. The maximum atomic E-state index is 14.5. The predicted octanol–water partition coefficient (Wildman–Crippen LogP) is 3.56. The molecular formula is C17H13ClF3N5. The Bertz CT molecular complexity index is 1020. The van der Waals surface area contributed by atoms with Crippen molar-refractivity contribution in [2.24, 2.45) is 17.8 Å². The van der Waals surface area contributed by atoms with E-state index >= 15 is 0 Å². The second kappa shape index (κ2) is 5.33. The first-order valence-corrected chi connectivity index (χ1v) is 8.62. The largest absolute Gasteiger partial charge is 0.355 e. The molecule has 5 nitrogen and oxygen atoms in total. The van der Waals surface area contributed by atoms with Gasteiger partial charge >= 0.3 is 0 Å². The maximum Gasteiger partial charge on any atom is 0.255 e. The van der Waals surface area contributed by atoms with Gasteiger partial charge in [0.1, 0.15) is 34.7 Å². The standard InChI is InChI=1S/C17H13ClF3N5/c1-7-9-4-25(5-10(7)9)16-14(13-11(20)2-8(19)3-12(13)21)15(18)24-17-22-6-23-26(16)17/h2-3,6-7,9-10H,4-5H2,1H3. The van der Waals surface area contributed by atoms with Crippen molar-refractivity contribution >= 4 is 23.2 Å². The van der Waals surface area contributed by atoms with Crippen molar-refractivity contribution in [1.82, 2.24) is 19.6 Å². The van der Waals surface area contributed by atoms with Gasteiger partial charge < -0.3 is 4.90 Å². The highest BCUT2D eigenvalue weighted by Crippen LogP contribution is 2.53. The SMILES string of the molecule is CC1C2CN(c3c(-c4c(F)cc(F)cc4F)c(Cl)nc4ncnn34)CC12. The molecule has 1 aliphatic carbocycles. The molecule has 0 N–H and O–H groups in total. The summed E-state index contributed by atoms with van der Waals surface area (Å²) in [6.07, 6.45) is 1.31. The number of hydrogen-bond acceptors (Lipinski definition) is 4. The Morgan fingerprint density at radius 1 is 1.08 bits per heavy atom. The molecule has 2 atom stereocenters. The van der Waals surface area contributed by atoms with Gasteiger partial charge in [-0.15, -0.1) is 0 Å². The molecule has 1 saturated carbocycles. The minimum atomic E-state index is -1.04. The number of nitrogens with zero attached hydrogens (tertiary/aromatic N) is 5. The van der Waals surface area contributed by atoms with Crippen LogP contribution < -0.4 is 4.90 Å². The molecule has 26 heavy (non-hydrogen) atoms. The smallest absolute Gasteiger partial charge is 0.255 e. The molecule has 2 aliphatic rings. The summed E-state index contributed by atoms with van der Waals surface area (Å²) in [5.74, 6) is -0.682. The molecule has 134 valence electrons. The highest BCUT2D eigenvalue weighted by atomic mass is 35.5. The maximum absolute atomic E-state index is 14.5. The first kappa shape index (κ1) is 15.9. The van der Waals surface area contributed by atoms with E-state index in [1.807, 2.05) is 4.90 Å². The van der Waals surface area contributed by atoms with E-state index in [0.29, 0.717) is 35.7 Å². The number of anilines is 1. The third-order valence-electron chi connectivity index (χ3n) is 5.54. The zero-order valence-corrected chi connectivity index (χ0v) is 14.4. The molecule has 2 fully saturated rings. The van der Waals surface area contributed by atoms with Crippen LogP contribution in [0.4, 0.5) is 19.0 Å². The Kier molecular flexibility index (Phi) is 3.25. The van der Waals surface area contributed by atoms with Crippen molar-refractivity contribution in [1.29, 1.82) is 0 Å². The molecule has 1 aliphatic heterocycles. The van der Waals surface area contributed by atoms with Gasteiger partial charge in [-0.3, -0.25) is 0 Å². The first-order chi connectivity index (χ1) is 12.5. The van der Waals surface area contributed by atoms with Crippen LogP contribution >= 0.6 is 11.6 Å². The summed E-state index contributed by atoms with van der Waals surface area (Å²) in [7, 11) is 0. The van der Waals surface area contributed by atoms with Gasteiger partial charge in [0.15, 0.2) is 0 Å². The van der Waals surface area contributed by atoms with E-state index in [1.54, 1.807) is 0 Å². The zero-order valence-electron chi connectivity index (χ0n) is 13.6. The Balaban J connectivity index is 1.78. The Morgan fingerprint density at radius 2 is 1.73 bits per heavy atom. The summed E-state index contributed by atoms with van der Waals surface area (Å²) in [5.41, 5.74) is -0.349. The van der Waals surface area contributed by atoms with Crippen molar-refractivity contribution in [3.63, 3.8) is 0 Å². The minimum absolute atomic E-state index is 0.0635. The predicted molar refractivity (Wildman–Crippen MR) is 89.5 cm³/mol. The number of benzene rings is 1. The first-order valence-electron chi connectivity index (χ1n) is 8.24. The Labute approximate surface area is 151 Å². The van der Waals surface area contributed by atoms with Crippen LogP contribution in [0.1, 0.15) is 6.92 Å². The summed E-state index contributed by atoms with van der Waals surface area (Å²) in [6.45, 7) is 3.66. The minimum Gasteiger partial charge on any atom is -0.355 e. The van der Waals surface area contributed by atoms with Crippen molar-refractivity contribution in [2.45, 2.75) is 6.92 Å². The third kappa shape index (κ3) is 2.14. The van der Waals surface area contributed by atoms with E-state index in [4.69, 9.17) is 11.6 Å². The van der Waals surface area contributed by atoms with Gasteiger partial charge in [0, 0.05) is 25.2 Å². The number of aromatic nitrogens is 4. The molecule has 0 amide bonds. The van der Waals surface area contributed by atoms with E-state index in [-0.39, 0.29) is 16.5 Å². The number of fused-ring (bicyclic) bond motifs is 2. The fourth-order valence-electron chi connectivity index (χ4n) is 4.09. The molecule has 0 spiro atoms. The van der Waals surface area contributed by atoms with Crippen LogP contribution in [0.15, 0.2) is 18.5 Å². The molecule has 1 aromatic carbocycles. The van der Waals surface area contributed by atoms with E-state index in [2.05, 4.69) is 22.0 Å². The van der Waals surface area contributed by atoms with Gasteiger partial charge in [-0.25, -0.2) is 13.2 Å². The van der Waals surface area contributed by atoms with Gasteiger partial charge in [0.2, 0.25) is 0 Å². The lowest BCUT2D eigenvalue weighted by molar-refractivity contribution is 0.547. The lowest BCUT2D eigenvalue weighted by atomic mass is 10.1. The molecule has 1 saturated heterocycles. The second-order valence-electron chi connectivity index (χ2n) is 6.91. The van der Waals surface area contributed by atoms with E-state index in [1.165, 1.54) is 10.8 Å². The van der Waals surface area contributed by atoms with E-state index in [0.717, 1.165) is 13.1 Å². The molecule has 3 heterocycles.